The second-order valence-electron chi connectivity index (χ2n) is 7.91. The number of hydrogen-bond donors (Lipinski definition) is 1. The molecule has 7 heteroatoms. The van der Waals surface area contributed by atoms with E-state index in [2.05, 4.69) is 49.3 Å². The molecule has 1 aliphatic carbocycles. The Morgan fingerprint density at radius 3 is 2.86 bits per heavy atom. The van der Waals surface area contributed by atoms with Gasteiger partial charge in [0.1, 0.15) is 6.33 Å². The zero-order chi connectivity index (χ0) is 19.8. The van der Waals surface area contributed by atoms with E-state index in [1.807, 2.05) is 12.1 Å². The molecule has 0 unspecified atom stereocenters. The molecule has 1 N–H and O–H groups in total. The highest BCUT2D eigenvalue weighted by Gasteiger charge is 2.36. The molecule has 0 radical (unpaired) electrons. The van der Waals surface area contributed by atoms with E-state index in [0.29, 0.717) is 18.3 Å². The van der Waals surface area contributed by atoms with Crippen molar-refractivity contribution in [2.75, 3.05) is 7.11 Å². The van der Waals surface area contributed by atoms with Gasteiger partial charge in [-0.05, 0) is 48.9 Å². The number of pyridine rings is 1. The number of aromatic nitrogens is 4. The Kier molecular flexibility index (Phi) is 4.76. The fraction of sp³-hybridized carbons (Fsp3) is 0.409. The van der Waals surface area contributed by atoms with Gasteiger partial charge in [0, 0.05) is 24.2 Å². The second-order valence-corrected chi connectivity index (χ2v) is 8.63. The third-order valence-corrected chi connectivity index (χ3v) is 6.82. The highest BCUT2D eigenvalue weighted by molar-refractivity contribution is 6.24. The second kappa shape index (κ2) is 7.43. The van der Waals surface area contributed by atoms with E-state index < -0.39 is 0 Å². The van der Waals surface area contributed by atoms with Crippen LogP contribution in [0, 0.1) is 0 Å². The monoisotopic (exact) mass is 409 g/mol. The van der Waals surface area contributed by atoms with Gasteiger partial charge in [-0.1, -0.05) is 18.2 Å². The van der Waals surface area contributed by atoms with Crippen LogP contribution < -0.4 is 10.1 Å². The van der Waals surface area contributed by atoms with Crippen molar-refractivity contribution in [2.24, 2.45) is 0 Å². The molecule has 3 aromatic rings. The molecule has 2 aliphatic rings. The van der Waals surface area contributed by atoms with Gasteiger partial charge in [0.25, 0.3) is 0 Å². The lowest BCUT2D eigenvalue weighted by Crippen LogP contribution is -2.26. The van der Waals surface area contributed by atoms with Crippen LogP contribution in [-0.4, -0.2) is 26.9 Å². The predicted octanol–water partition coefficient (Wildman–Crippen LogP) is 4.07. The van der Waals surface area contributed by atoms with Gasteiger partial charge in [0.15, 0.2) is 5.82 Å². The molecule has 0 bridgehead atoms. The van der Waals surface area contributed by atoms with Gasteiger partial charge < -0.3 is 10.1 Å². The van der Waals surface area contributed by atoms with E-state index in [1.54, 1.807) is 13.4 Å². The maximum Gasteiger partial charge on any atom is 0.213 e. The number of nitrogens with zero attached hydrogens (tertiary/aromatic N) is 4. The van der Waals surface area contributed by atoms with Crippen molar-refractivity contribution in [3.63, 3.8) is 0 Å². The number of fused-ring (bicyclic) bond motifs is 3. The van der Waals surface area contributed by atoms with Crippen LogP contribution in [0.25, 0.3) is 5.69 Å². The smallest absolute Gasteiger partial charge is 0.213 e. The van der Waals surface area contributed by atoms with Crippen molar-refractivity contribution in [1.29, 1.82) is 0 Å². The van der Waals surface area contributed by atoms with Gasteiger partial charge in [0.05, 0.1) is 24.2 Å². The van der Waals surface area contributed by atoms with Crippen LogP contribution in [0.5, 0.6) is 5.88 Å². The summed E-state index contributed by atoms with van der Waals surface area (Å²) in [5.41, 5.74) is 4.67. The number of rotatable bonds is 3. The van der Waals surface area contributed by atoms with E-state index >= 15 is 0 Å². The average molecular weight is 410 g/mol. The summed E-state index contributed by atoms with van der Waals surface area (Å²) in [6.07, 6.45) is 5.69. The first-order valence-electron chi connectivity index (χ1n) is 10.1. The lowest BCUT2D eigenvalue weighted by atomic mass is 9.76. The van der Waals surface area contributed by atoms with Crippen LogP contribution in [0.4, 0.5) is 0 Å². The van der Waals surface area contributed by atoms with Gasteiger partial charge in [0.2, 0.25) is 5.88 Å². The quantitative estimate of drug-likeness (QED) is 0.660. The maximum absolute atomic E-state index is 7.18. The Bertz CT molecular complexity index is 1030. The Balaban J connectivity index is 1.37. The lowest BCUT2D eigenvalue weighted by Gasteiger charge is -2.36. The Morgan fingerprint density at radius 2 is 2.03 bits per heavy atom. The minimum atomic E-state index is -0.327. The van der Waals surface area contributed by atoms with Gasteiger partial charge in [-0.3, -0.25) is 4.57 Å². The molecule has 29 heavy (non-hydrogen) atoms. The van der Waals surface area contributed by atoms with Crippen molar-refractivity contribution < 1.29 is 4.74 Å². The fourth-order valence-electron chi connectivity index (χ4n) is 4.56. The van der Waals surface area contributed by atoms with E-state index in [1.165, 1.54) is 11.1 Å². The molecule has 0 spiro atoms. The topological polar surface area (TPSA) is 64.9 Å². The summed E-state index contributed by atoms with van der Waals surface area (Å²) in [4.78, 5) is 4.30. The summed E-state index contributed by atoms with van der Waals surface area (Å²) in [7, 11) is 1.66. The highest BCUT2D eigenvalue weighted by Crippen LogP contribution is 2.48. The summed E-state index contributed by atoms with van der Waals surface area (Å²) in [6, 6.07) is 12.6. The van der Waals surface area contributed by atoms with Crippen LogP contribution in [0.1, 0.15) is 54.2 Å². The molecular formula is C22H24ClN5O. The standard InChI is InChI=1S/C22H24ClN5O/c1-29-21-4-2-3-18(26-21)15-7-9-22(23,10-8-15)17-5-6-19-16(11-17)12-24-13-20-27-25-14-28(19)20/h2-6,11,14-15,24H,7-10,12-13H2,1H3. The lowest BCUT2D eigenvalue weighted by molar-refractivity contribution is 0.349. The molecule has 1 fully saturated rings. The van der Waals surface area contributed by atoms with Gasteiger partial charge in [-0.2, -0.15) is 0 Å². The number of benzene rings is 1. The van der Waals surface area contributed by atoms with Crippen molar-refractivity contribution in [3.05, 3.63) is 65.4 Å². The van der Waals surface area contributed by atoms with Crippen molar-refractivity contribution in [2.45, 2.75) is 49.6 Å². The Labute approximate surface area is 175 Å². The fourth-order valence-corrected chi connectivity index (χ4v) is 4.90. The van der Waals surface area contributed by atoms with Crippen molar-refractivity contribution >= 4 is 11.6 Å². The number of alkyl halides is 1. The van der Waals surface area contributed by atoms with Gasteiger partial charge in [-0.25, -0.2) is 4.98 Å². The molecule has 2 aromatic heterocycles. The Morgan fingerprint density at radius 1 is 1.17 bits per heavy atom. The summed E-state index contributed by atoms with van der Waals surface area (Å²) >= 11 is 7.18. The first-order chi connectivity index (χ1) is 14.2. The van der Waals surface area contributed by atoms with Crippen molar-refractivity contribution in [3.8, 4) is 11.6 Å². The summed E-state index contributed by atoms with van der Waals surface area (Å²) in [6.45, 7) is 1.51. The Hall–Kier alpha value is -2.44. The first kappa shape index (κ1) is 18.6. The predicted molar refractivity (Wildman–Crippen MR) is 111 cm³/mol. The molecule has 6 nitrogen and oxygen atoms in total. The van der Waals surface area contributed by atoms with Gasteiger partial charge in [-0.15, -0.1) is 21.8 Å². The zero-order valence-electron chi connectivity index (χ0n) is 16.4. The highest BCUT2D eigenvalue weighted by atomic mass is 35.5. The normalized spacial score (nSPS) is 23.7. The van der Waals surface area contributed by atoms with Crippen LogP contribution in [0.15, 0.2) is 42.7 Å². The van der Waals surface area contributed by atoms with Crippen LogP contribution in [0.3, 0.4) is 0 Å². The number of hydrogen-bond acceptors (Lipinski definition) is 5. The van der Waals surface area contributed by atoms with Crippen LogP contribution in [-0.2, 0) is 18.0 Å². The van der Waals surface area contributed by atoms with Crippen LogP contribution >= 0.6 is 11.6 Å². The molecule has 1 aliphatic heterocycles. The minimum Gasteiger partial charge on any atom is -0.481 e. The largest absolute Gasteiger partial charge is 0.481 e. The van der Waals surface area contributed by atoms with E-state index in [9.17, 15) is 0 Å². The molecule has 1 aromatic carbocycles. The summed E-state index contributed by atoms with van der Waals surface area (Å²) < 4.78 is 7.35. The maximum atomic E-state index is 7.18. The average Bonchev–Trinajstić information content (AvgIpc) is 3.15. The SMILES string of the molecule is COc1cccc(C2CCC(Cl)(c3ccc4c(c3)CNCc3nncn3-4)CC2)n1. The van der Waals surface area contributed by atoms with Crippen LogP contribution in [0.2, 0.25) is 0 Å². The third-order valence-electron chi connectivity index (χ3n) is 6.22. The minimum absolute atomic E-state index is 0.327. The molecule has 150 valence electrons. The van der Waals surface area contributed by atoms with Gasteiger partial charge >= 0.3 is 0 Å². The molecular weight excluding hydrogens is 386 g/mol. The molecule has 0 atom stereocenters. The van der Waals surface area contributed by atoms with E-state index in [4.69, 9.17) is 16.3 Å². The first-order valence-corrected chi connectivity index (χ1v) is 10.5. The molecule has 0 amide bonds. The molecule has 0 saturated heterocycles. The summed E-state index contributed by atoms with van der Waals surface area (Å²) in [5.74, 6) is 2.04. The number of ether oxygens (including phenoxy) is 1. The van der Waals surface area contributed by atoms with E-state index in [0.717, 1.165) is 49.4 Å². The number of methoxy groups -OCH3 is 1. The number of nitrogens with one attached hydrogen (secondary N) is 1. The third kappa shape index (κ3) is 3.40. The van der Waals surface area contributed by atoms with Crippen molar-refractivity contribution in [1.82, 2.24) is 25.1 Å². The zero-order valence-corrected chi connectivity index (χ0v) is 17.2. The van der Waals surface area contributed by atoms with E-state index in [-0.39, 0.29) is 4.87 Å². The molecule has 1 saturated carbocycles. The molecule has 5 rings (SSSR count). The molecule has 3 heterocycles. The number of halogens is 1. The summed E-state index contributed by atoms with van der Waals surface area (Å²) in [5, 5.41) is 11.7.